The van der Waals surface area contributed by atoms with Crippen molar-refractivity contribution in [3.63, 3.8) is 0 Å². The van der Waals surface area contributed by atoms with Crippen LogP contribution in [0, 0.1) is 0 Å². The molecule has 1 rings (SSSR count). The molecule has 12 heavy (non-hydrogen) atoms. The number of aliphatic hydroxyl groups excluding tert-OH is 1. The lowest BCUT2D eigenvalue weighted by Gasteiger charge is -1.94. The summed E-state index contributed by atoms with van der Waals surface area (Å²) in [7, 11) is 0. The Bertz CT molecular complexity index is 266. The molecule has 1 atom stereocenters. The molecule has 0 saturated carbocycles. The van der Waals surface area contributed by atoms with Crippen molar-refractivity contribution in [2.45, 2.75) is 13.0 Å². The standard InChI is InChI=1S/C9H10BrNO/c1-7(12)2-4-9-5-3-8(10)6-11-9/h2-7,12H,1H3/b4-2+. The fourth-order valence-corrected chi connectivity index (χ4v) is 0.958. The zero-order valence-electron chi connectivity index (χ0n) is 6.74. The number of pyridine rings is 1. The Kier molecular flexibility index (Phi) is 3.44. The summed E-state index contributed by atoms with van der Waals surface area (Å²) < 4.78 is 0.955. The average molecular weight is 228 g/mol. The SMILES string of the molecule is CC(O)/C=C/c1ccc(Br)cn1. The molecule has 1 aromatic heterocycles. The van der Waals surface area contributed by atoms with Crippen molar-refractivity contribution in [3.8, 4) is 0 Å². The fourth-order valence-electron chi connectivity index (χ4n) is 0.724. The van der Waals surface area contributed by atoms with Gasteiger partial charge in [-0.1, -0.05) is 6.08 Å². The van der Waals surface area contributed by atoms with Crippen LogP contribution in [0.15, 0.2) is 28.9 Å². The molecule has 0 fully saturated rings. The minimum atomic E-state index is -0.421. The van der Waals surface area contributed by atoms with E-state index in [0.717, 1.165) is 10.2 Å². The Balaban J connectivity index is 2.71. The number of aliphatic hydroxyl groups is 1. The van der Waals surface area contributed by atoms with Gasteiger partial charge in [0.05, 0.1) is 11.8 Å². The Labute approximate surface area is 80.1 Å². The maximum absolute atomic E-state index is 8.94. The van der Waals surface area contributed by atoms with Gasteiger partial charge in [0.2, 0.25) is 0 Å². The maximum Gasteiger partial charge on any atom is 0.0696 e. The van der Waals surface area contributed by atoms with Crippen molar-refractivity contribution < 1.29 is 5.11 Å². The summed E-state index contributed by atoms with van der Waals surface area (Å²) in [6, 6.07) is 3.79. The summed E-state index contributed by atoms with van der Waals surface area (Å²) in [5.74, 6) is 0. The van der Waals surface area contributed by atoms with Gasteiger partial charge in [-0.05, 0) is 41.1 Å². The van der Waals surface area contributed by atoms with Crippen LogP contribution in [0.3, 0.4) is 0 Å². The number of halogens is 1. The third kappa shape index (κ3) is 3.15. The van der Waals surface area contributed by atoms with Crippen LogP contribution >= 0.6 is 15.9 Å². The predicted molar refractivity (Wildman–Crippen MR) is 52.7 cm³/mol. The molecule has 0 aliphatic rings. The Morgan fingerprint density at radius 1 is 1.58 bits per heavy atom. The van der Waals surface area contributed by atoms with E-state index in [1.165, 1.54) is 0 Å². The molecule has 0 radical (unpaired) electrons. The molecule has 0 amide bonds. The summed E-state index contributed by atoms with van der Waals surface area (Å²) in [5.41, 5.74) is 0.846. The van der Waals surface area contributed by atoms with E-state index in [1.54, 1.807) is 25.3 Å². The van der Waals surface area contributed by atoms with Crippen LogP contribution in [0.5, 0.6) is 0 Å². The largest absolute Gasteiger partial charge is 0.389 e. The van der Waals surface area contributed by atoms with Crippen molar-refractivity contribution >= 4 is 22.0 Å². The van der Waals surface area contributed by atoms with Crippen molar-refractivity contribution in [2.75, 3.05) is 0 Å². The zero-order valence-corrected chi connectivity index (χ0v) is 8.32. The first kappa shape index (κ1) is 9.42. The Morgan fingerprint density at radius 2 is 2.33 bits per heavy atom. The summed E-state index contributed by atoms with van der Waals surface area (Å²) in [4.78, 5) is 4.11. The Hall–Kier alpha value is -0.670. The van der Waals surface area contributed by atoms with Gasteiger partial charge in [0.15, 0.2) is 0 Å². The first-order valence-electron chi connectivity index (χ1n) is 3.66. The summed E-state index contributed by atoms with van der Waals surface area (Å²) >= 11 is 3.29. The van der Waals surface area contributed by atoms with Crippen LogP contribution < -0.4 is 0 Å². The lowest BCUT2D eigenvalue weighted by atomic mass is 10.3. The molecule has 0 bridgehead atoms. The third-order valence-electron chi connectivity index (χ3n) is 1.30. The van der Waals surface area contributed by atoms with Gasteiger partial charge < -0.3 is 5.11 Å². The lowest BCUT2D eigenvalue weighted by Crippen LogP contribution is -1.91. The molecule has 0 saturated heterocycles. The van der Waals surface area contributed by atoms with E-state index in [9.17, 15) is 0 Å². The van der Waals surface area contributed by atoms with Gasteiger partial charge in [0, 0.05) is 10.7 Å². The van der Waals surface area contributed by atoms with Crippen LogP contribution in [0.1, 0.15) is 12.6 Å². The molecule has 0 aliphatic carbocycles. The predicted octanol–water partition coefficient (Wildman–Crippen LogP) is 2.24. The first-order valence-corrected chi connectivity index (χ1v) is 4.45. The average Bonchev–Trinajstić information content (AvgIpc) is 2.03. The summed E-state index contributed by atoms with van der Waals surface area (Å²) in [6.45, 7) is 1.70. The first-order chi connectivity index (χ1) is 5.68. The van der Waals surface area contributed by atoms with Crippen molar-refractivity contribution in [1.29, 1.82) is 0 Å². The summed E-state index contributed by atoms with van der Waals surface area (Å²) in [6.07, 6.45) is 4.78. The van der Waals surface area contributed by atoms with Crippen LogP contribution in [-0.4, -0.2) is 16.2 Å². The van der Waals surface area contributed by atoms with Gasteiger partial charge in [0.25, 0.3) is 0 Å². The molecule has 0 aromatic carbocycles. The minimum Gasteiger partial charge on any atom is -0.389 e. The van der Waals surface area contributed by atoms with Gasteiger partial charge in [-0.3, -0.25) is 4.98 Å². The highest BCUT2D eigenvalue weighted by Gasteiger charge is 1.90. The van der Waals surface area contributed by atoms with E-state index in [2.05, 4.69) is 20.9 Å². The fraction of sp³-hybridized carbons (Fsp3) is 0.222. The smallest absolute Gasteiger partial charge is 0.0696 e. The topological polar surface area (TPSA) is 33.1 Å². The number of hydrogen-bond acceptors (Lipinski definition) is 2. The number of aromatic nitrogens is 1. The molecule has 1 heterocycles. The summed E-state index contributed by atoms with van der Waals surface area (Å²) in [5, 5.41) is 8.94. The van der Waals surface area contributed by atoms with Gasteiger partial charge in [-0.25, -0.2) is 0 Å². The van der Waals surface area contributed by atoms with Gasteiger partial charge >= 0.3 is 0 Å². The van der Waals surface area contributed by atoms with E-state index in [0.29, 0.717) is 0 Å². The second-order valence-corrected chi connectivity index (χ2v) is 3.42. The van der Waals surface area contributed by atoms with Gasteiger partial charge in [-0.15, -0.1) is 0 Å². The molecule has 1 aromatic rings. The second-order valence-electron chi connectivity index (χ2n) is 2.50. The molecular weight excluding hydrogens is 218 g/mol. The highest BCUT2D eigenvalue weighted by atomic mass is 79.9. The van der Waals surface area contributed by atoms with Crippen molar-refractivity contribution in [2.24, 2.45) is 0 Å². The van der Waals surface area contributed by atoms with Gasteiger partial charge in [-0.2, -0.15) is 0 Å². The molecule has 2 nitrogen and oxygen atoms in total. The number of rotatable bonds is 2. The zero-order chi connectivity index (χ0) is 8.97. The minimum absolute atomic E-state index is 0.421. The Morgan fingerprint density at radius 3 is 2.83 bits per heavy atom. The molecular formula is C9H10BrNO. The van der Waals surface area contributed by atoms with Crippen LogP contribution in [0.25, 0.3) is 6.08 Å². The molecule has 1 N–H and O–H groups in total. The normalized spacial score (nSPS) is 13.6. The maximum atomic E-state index is 8.94. The quantitative estimate of drug-likeness (QED) is 0.841. The monoisotopic (exact) mass is 227 g/mol. The lowest BCUT2D eigenvalue weighted by molar-refractivity contribution is 0.245. The number of nitrogens with zero attached hydrogens (tertiary/aromatic N) is 1. The van der Waals surface area contributed by atoms with Crippen LogP contribution in [0.4, 0.5) is 0 Å². The van der Waals surface area contributed by atoms with Crippen LogP contribution in [0.2, 0.25) is 0 Å². The van der Waals surface area contributed by atoms with E-state index in [1.807, 2.05) is 12.1 Å². The van der Waals surface area contributed by atoms with Crippen molar-refractivity contribution in [1.82, 2.24) is 4.98 Å². The molecule has 1 unspecified atom stereocenters. The van der Waals surface area contributed by atoms with E-state index >= 15 is 0 Å². The van der Waals surface area contributed by atoms with Crippen LogP contribution in [-0.2, 0) is 0 Å². The van der Waals surface area contributed by atoms with Crippen molar-refractivity contribution in [3.05, 3.63) is 34.6 Å². The van der Waals surface area contributed by atoms with E-state index < -0.39 is 6.10 Å². The van der Waals surface area contributed by atoms with Gasteiger partial charge in [0.1, 0.15) is 0 Å². The third-order valence-corrected chi connectivity index (χ3v) is 1.76. The van der Waals surface area contributed by atoms with E-state index in [-0.39, 0.29) is 0 Å². The molecule has 64 valence electrons. The molecule has 0 spiro atoms. The van der Waals surface area contributed by atoms with E-state index in [4.69, 9.17) is 5.11 Å². The highest BCUT2D eigenvalue weighted by molar-refractivity contribution is 9.10. The highest BCUT2D eigenvalue weighted by Crippen LogP contribution is 2.08. The molecule has 0 aliphatic heterocycles. The number of hydrogen-bond donors (Lipinski definition) is 1. The molecule has 3 heteroatoms. The second kappa shape index (κ2) is 4.38.